The van der Waals surface area contributed by atoms with Crippen molar-refractivity contribution in [2.75, 3.05) is 46.9 Å². The zero-order valence-electron chi connectivity index (χ0n) is 14.2. The second kappa shape index (κ2) is 11.2. The van der Waals surface area contributed by atoms with E-state index < -0.39 is 0 Å². The van der Waals surface area contributed by atoms with Crippen molar-refractivity contribution in [3.8, 4) is 0 Å². The van der Waals surface area contributed by atoms with Crippen LogP contribution in [0.2, 0.25) is 0 Å². The van der Waals surface area contributed by atoms with Crippen molar-refractivity contribution >= 4 is 41.3 Å². The number of thiophene rings is 1. The van der Waals surface area contributed by atoms with Gasteiger partial charge in [0.1, 0.15) is 0 Å². The number of nitrogens with zero attached hydrogens (tertiary/aromatic N) is 2. The molecule has 0 spiro atoms. The second-order valence-corrected chi connectivity index (χ2v) is 7.01. The summed E-state index contributed by atoms with van der Waals surface area (Å²) in [5, 5.41) is 8.91. The molecule has 1 aromatic heterocycles. The highest BCUT2D eigenvalue weighted by atomic mass is 127. The van der Waals surface area contributed by atoms with E-state index in [1.807, 2.05) is 18.4 Å². The molecule has 1 aromatic rings. The monoisotopic (exact) mass is 452 g/mol. The number of halogens is 1. The summed E-state index contributed by atoms with van der Waals surface area (Å²) in [6.07, 6.45) is 1.35. The third kappa shape index (κ3) is 7.82. The minimum Gasteiger partial charge on any atom is -0.374 e. The van der Waals surface area contributed by atoms with Crippen molar-refractivity contribution < 1.29 is 4.74 Å². The van der Waals surface area contributed by atoms with Crippen molar-refractivity contribution in [3.63, 3.8) is 0 Å². The van der Waals surface area contributed by atoms with Crippen LogP contribution in [0.25, 0.3) is 0 Å². The highest BCUT2D eigenvalue weighted by Gasteiger charge is 2.17. The molecule has 2 N–H and O–H groups in total. The smallest absolute Gasteiger partial charge is 0.191 e. The van der Waals surface area contributed by atoms with Crippen molar-refractivity contribution in [3.05, 3.63) is 22.4 Å². The Kier molecular flexibility index (Phi) is 10.1. The number of ether oxygens (including phenoxy) is 1. The molecule has 0 aromatic carbocycles. The first-order valence-electron chi connectivity index (χ1n) is 7.94. The Balaban J connectivity index is 0.00000264. The Bertz CT molecular complexity index is 455. The zero-order valence-corrected chi connectivity index (χ0v) is 17.4. The topological polar surface area (TPSA) is 48.9 Å². The minimum atomic E-state index is 0. The number of nitrogens with one attached hydrogen (secondary N) is 2. The maximum atomic E-state index is 5.75. The second-order valence-electron chi connectivity index (χ2n) is 5.98. The van der Waals surface area contributed by atoms with E-state index in [2.05, 4.69) is 52.0 Å². The van der Waals surface area contributed by atoms with Crippen LogP contribution in [0.3, 0.4) is 0 Å². The summed E-state index contributed by atoms with van der Waals surface area (Å²) in [5.74, 6) is 1.43. The van der Waals surface area contributed by atoms with Gasteiger partial charge in [0.15, 0.2) is 5.96 Å². The Morgan fingerprint density at radius 3 is 3.00 bits per heavy atom. The lowest BCUT2D eigenvalue weighted by molar-refractivity contribution is -0.0161. The lowest BCUT2D eigenvalue weighted by Gasteiger charge is -2.30. The van der Waals surface area contributed by atoms with Gasteiger partial charge in [0.25, 0.3) is 0 Å². The molecule has 2 rings (SSSR count). The predicted molar refractivity (Wildman–Crippen MR) is 109 cm³/mol. The number of guanidine groups is 1. The molecule has 0 bridgehead atoms. The van der Waals surface area contributed by atoms with E-state index in [1.165, 1.54) is 4.88 Å². The molecule has 7 heteroatoms. The van der Waals surface area contributed by atoms with Gasteiger partial charge >= 0.3 is 0 Å². The largest absolute Gasteiger partial charge is 0.374 e. The zero-order chi connectivity index (χ0) is 15.8. The van der Waals surface area contributed by atoms with Gasteiger partial charge in [0.2, 0.25) is 0 Å². The lowest BCUT2D eigenvalue weighted by Crippen LogP contribution is -2.48. The van der Waals surface area contributed by atoms with Crippen LogP contribution >= 0.6 is 35.3 Å². The van der Waals surface area contributed by atoms with Crippen molar-refractivity contribution in [2.45, 2.75) is 19.4 Å². The van der Waals surface area contributed by atoms with Gasteiger partial charge in [-0.3, -0.25) is 4.99 Å². The number of likely N-dealkylation sites (N-methyl/N-ethyl adjacent to an activating group) is 1. The summed E-state index contributed by atoms with van der Waals surface area (Å²) in [4.78, 5) is 8.03. The number of morpholine rings is 1. The van der Waals surface area contributed by atoms with Gasteiger partial charge in [0.05, 0.1) is 12.7 Å². The minimum absolute atomic E-state index is 0. The molecule has 1 fully saturated rings. The van der Waals surface area contributed by atoms with Crippen molar-refractivity contribution in [1.29, 1.82) is 0 Å². The molecule has 0 amide bonds. The first-order valence-corrected chi connectivity index (χ1v) is 8.82. The van der Waals surface area contributed by atoms with Crippen LogP contribution in [0.5, 0.6) is 0 Å². The first kappa shape index (κ1) is 20.7. The van der Waals surface area contributed by atoms with E-state index in [-0.39, 0.29) is 30.1 Å². The van der Waals surface area contributed by atoms with E-state index >= 15 is 0 Å². The highest BCUT2D eigenvalue weighted by molar-refractivity contribution is 14.0. The van der Waals surface area contributed by atoms with Crippen LogP contribution in [0.1, 0.15) is 11.8 Å². The van der Waals surface area contributed by atoms with Crippen molar-refractivity contribution in [1.82, 2.24) is 15.5 Å². The first-order chi connectivity index (χ1) is 10.7. The van der Waals surface area contributed by atoms with Gasteiger partial charge in [-0.15, -0.1) is 35.3 Å². The highest BCUT2D eigenvalue weighted by Crippen LogP contribution is 2.13. The summed E-state index contributed by atoms with van der Waals surface area (Å²) in [7, 11) is 3.95. The molecule has 1 aliphatic heterocycles. The van der Waals surface area contributed by atoms with E-state index in [0.29, 0.717) is 5.92 Å². The van der Waals surface area contributed by atoms with E-state index in [9.17, 15) is 0 Å². The van der Waals surface area contributed by atoms with Gasteiger partial charge in [0, 0.05) is 38.1 Å². The quantitative estimate of drug-likeness (QED) is 0.394. The molecule has 132 valence electrons. The van der Waals surface area contributed by atoms with Crippen LogP contribution in [-0.2, 0) is 11.2 Å². The van der Waals surface area contributed by atoms with Crippen LogP contribution < -0.4 is 10.6 Å². The molecule has 23 heavy (non-hydrogen) atoms. The Morgan fingerprint density at radius 2 is 2.35 bits per heavy atom. The Morgan fingerprint density at radius 1 is 1.52 bits per heavy atom. The molecular weight excluding hydrogens is 423 g/mol. The van der Waals surface area contributed by atoms with Gasteiger partial charge in [-0.1, -0.05) is 13.0 Å². The van der Waals surface area contributed by atoms with Crippen LogP contribution in [-0.4, -0.2) is 63.8 Å². The average Bonchev–Trinajstić information content (AvgIpc) is 3.00. The molecule has 1 saturated heterocycles. The maximum Gasteiger partial charge on any atom is 0.191 e. The van der Waals surface area contributed by atoms with Gasteiger partial charge < -0.3 is 20.3 Å². The molecular formula is C16H29IN4OS. The van der Waals surface area contributed by atoms with E-state index in [4.69, 9.17) is 4.74 Å². The molecule has 2 atom stereocenters. The van der Waals surface area contributed by atoms with Crippen LogP contribution in [0.15, 0.2) is 22.5 Å². The number of hydrogen-bond donors (Lipinski definition) is 2. The number of aliphatic imine (C=N–C) groups is 1. The van der Waals surface area contributed by atoms with Crippen molar-refractivity contribution in [2.24, 2.45) is 10.9 Å². The molecule has 2 unspecified atom stereocenters. The summed E-state index contributed by atoms with van der Waals surface area (Å²) < 4.78 is 5.75. The Hall–Kier alpha value is -0.380. The predicted octanol–water partition coefficient (Wildman–Crippen LogP) is 2.04. The SMILES string of the molecule is CN=C(NCC(C)Cc1cccs1)NCC1CN(C)CCO1.I. The van der Waals surface area contributed by atoms with E-state index in [0.717, 1.165) is 45.2 Å². The van der Waals surface area contributed by atoms with E-state index in [1.54, 1.807) is 0 Å². The fourth-order valence-electron chi connectivity index (χ4n) is 2.54. The summed E-state index contributed by atoms with van der Waals surface area (Å²) >= 11 is 1.83. The fourth-order valence-corrected chi connectivity index (χ4v) is 3.41. The lowest BCUT2D eigenvalue weighted by atomic mass is 10.1. The maximum absolute atomic E-state index is 5.75. The molecule has 5 nitrogen and oxygen atoms in total. The normalized spacial score (nSPS) is 20.7. The third-order valence-corrected chi connectivity index (χ3v) is 4.71. The number of hydrogen-bond acceptors (Lipinski definition) is 4. The fraction of sp³-hybridized carbons (Fsp3) is 0.688. The summed E-state index contributed by atoms with van der Waals surface area (Å²) in [6, 6.07) is 4.31. The molecule has 0 radical (unpaired) electrons. The average molecular weight is 452 g/mol. The molecule has 2 heterocycles. The standard InChI is InChI=1S/C16H28N4OS.HI/c1-13(9-15-5-4-8-22-15)10-18-16(17-2)19-11-14-12-20(3)6-7-21-14;/h4-5,8,13-14H,6-7,9-12H2,1-3H3,(H2,17,18,19);1H. The molecule has 0 saturated carbocycles. The van der Waals surface area contributed by atoms with Crippen LogP contribution in [0.4, 0.5) is 0 Å². The third-order valence-electron chi connectivity index (χ3n) is 3.81. The molecule has 0 aliphatic carbocycles. The Labute approximate surface area is 160 Å². The van der Waals surface area contributed by atoms with Gasteiger partial charge in [-0.25, -0.2) is 0 Å². The summed E-state index contributed by atoms with van der Waals surface area (Å²) in [5.41, 5.74) is 0. The van der Waals surface area contributed by atoms with Gasteiger partial charge in [-0.2, -0.15) is 0 Å². The number of rotatable bonds is 6. The summed E-state index contributed by atoms with van der Waals surface area (Å²) in [6.45, 7) is 6.78. The molecule has 1 aliphatic rings. The van der Waals surface area contributed by atoms with Gasteiger partial charge in [-0.05, 0) is 30.8 Å². The van der Waals surface area contributed by atoms with Crippen LogP contribution in [0, 0.1) is 5.92 Å².